The number of fused-ring (bicyclic) bond motifs is 1. The normalized spacial score (nSPS) is 10.8. The molecule has 0 amide bonds. The first-order chi connectivity index (χ1) is 16.3. The van der Waals surface area contributed by atoms with Crippen molar-refractivity contribution in [3.05, 3.63) is 120 Å². The van der Waals surface area contributed by atoms with Gasteiger partial charge < -0.3 is 9.47 Å². The third-order valence-electron chi connectivity index (χ3n) is 5.21. The second kappa shape index (κ2) is 9.36. The zero-order valence-corrected chi connectivity index (χ0v) is 17.8. The Balaban J connectivity index is 1.44. The van der Waals surface area contributed by atoms with Crippen LogP contribution in [0.4, 0.5) is 0 Å². The molecule has 6 heteroatoms. The van der Waals surface area contributed by atoms with Gasteiger partial charge in [0.2, 0.25) is 0 Å². The average molecular weight is 435 g/mol. The second-order valence-corrected chi connectivity index (χ2v) is 7.51. The van der Waals surface area contributed by atoms with Crippen LogP contribution in [0.25, 0.3) is 11.0 Å². The van der Waals surface area contributed by atoms with Gasteiger partial charge in [0.15, 0.2) is 11.5 Å². The average Bonchev–Trinajstić information content (AvgIpc) is 3.31. The van der Waals surface area contributed by atoms with Crippen LogP contribution in [0.1, 0.15) is 21.5 Å². The number of carbonyl (C=O) groups excluding carboxylic acids is 1. The number of nitrogens with zero attached hydrogens (tertiary/aromatic N) is 3. The number of aromatic nitrogens is 3. The van der Waals surface area contributed by atoms with Gasteiger partial charge in [-0.15, -0.1) is 5.10 Å². The van der Waals surface area contributed by atoms with Gasteiger partial charge in [0.25, 0.3) is 5.91 Å². The molecule has 1 heterocycles. The van der Waals surface area contributed by atoms with Gasteiger partial charge in [-0.3, -0.25) is 4.79 Å². The van der Waals surface area contributed by atoms with E-state index in [0.29, 0.717) is 41.3 Å². The Hall–Kier alpha value is -4.45. The molecule has 33 heavy (non-hydrogen) atoms. The van der Waals surface area contributed by atoms with Gasteiger partial charge in [0.05, 0.1) is 5.52 Å². The van der Waals surface area contributed by atoms with E-state index in [1.807, 2.05) is 84.9 Å². The number of carbonyl (C=O) groups is 1. The molecule has 0 aliphatic carbocycles. The van der Waals surface area contributed by atoms with Crippen LogP contribution in [0, 0.1) is 0 Å². The van der Waals surface area contributed by atoms with Crippen LogP contribution in [0.5, 0.6) is 11.5 Å². The SMILES string of the molecule is O=C(c1ccc(OCc2ccccc2)c(OCc2ccccc2)c1)n1nnc2ccccc21. The largest absolute Gasteiger partial charge is 0.485 e. The fraction of sp³-hybridized carbons (Fsp3) is 0.0741. The summed E-state index contributed by atoms with van der Waals surface area (Å²) in [4.78, 5) is 13.2. The first kappa shape index (κ1) is 20.5. The summed E-state index contributed by atoms with van der Waals surface area (Å²) in [6.07, 6.45) is 0. The molecule has 0 N–H and O–H groups in total. The molecule has 0 aliphatic rings. The number of ether oxygens (including phenoxy) is 2. The van der Waals surface area contributed by atoms with Crippen LogP contribution < -0.4 is 9.47 Å². The Morgan fingerprint density at radius 1 is 0.697 bits per heavy atom. The number of hydrogen-bond acceptors (Lipinski definition) is 5. The first-order valence-corrected chi connectivity index (χ1v) is 10.6. The Morgan fingerprint density at radius 2 is 1.30 bits per heavy atom. The van der Waals surface area contributed by atoms with E-state index in [1.165, 1.54) is 4.68 Å². The Morgan fingerprint density at radius 3 is 2.00 bits per heavy atom. The number of rotatable bonds is 7. The summed E-state index contributed by atoms with van der Waals surface area (Å²) in [5.74, 6) is 0.766. The van der Waals surface area contributed by atoms with E-state index in [0.717, 1.165) is 11.1 Å². The zero-order chi connectivity index (χ0) is 22.5. The lowest BCUT2D eigenvalue weighted by atomic mass is 10.1. The minimum absolute atomic E-state index is 0.289. The minimum atomic E-state index is -0.289. The molecule has 0 saturated heterocycles. The van der Waals surface area contributed by atoms with Crippen molar-refractivity contribution in [1.29, 1.82) is 0 Å². The maximum absolute atomic E-state index is 13.2. The van der Waals surface area contributed by atoms with Gasteiger partial charge >= 0.3 is 0 Å². The van der Waals surface area contributed by atoms with E-state index in [-0.39, 0.29) is 5.91 Å². The summed E-state index contributed by atoms with van der Waals surface area (Å²) in [5, 5.41) is 8.12. The molecule has 0 saturated carbocycles. The van der Waals surface area contributed by atoms with E-state index in [9.17, 15) is 4.79 Å². The smallest absolute Gasteiger partial charge is 0.280 e. The highest BCUT2D eigenvalue weighted by molar-refractivity contribution is 6.00. The lowest BCUT2D eigenvalue weighted by Gasteiger charge is -2.14. The van der Waals surface area contributed by atoms with Crippen molar-refractivity contribution in [2.45, 2.75) is 13.2 Å². The molecule has 1 aromatic heterocycles. The van der Waals surface area contributed by atoms with Gasteiger partial charge in [-0.05, 0) is 41.5 Å². The molecule has 0 aliphatic heterocycles. The van der Waals surface area contributed by atoms with Crippen LogP contribution in [0.3, 0.4) is 0 Å². The van der Waals surface area contributed by atoms with Gasteiger partial charge in [-0.25, -0.2) is 0 Å². The van der Waals surface area contributed by atoms with Crippen LogP contribution in [-0.2, 0) is 13.2 Å². The zero-order valence-electron chi connectivity index (χ0n) is 17.8. The van der Waals surface area contributed by atoms with Gasteiger partial charge in [0.1, 0.15) is 18.7 Å². The molecule has 162 valence electrons. The maximum Gasteiger partial charge on any atom is 0.280 e. The van der Waals surface area contributed by atoms with Crippen LogP contribution in [-0.4, -0.2) is 20.9 Å². The highest BCUT2D eigenvalue weighted by Gasteiger charge is 2.17. The lowest BCUT2D eigenvalue weighted by molar-refractivity contribution is 0.0947. The van der Waals surface area contributed by atoms with Gasteiger partial charge in [-0.2, -0.15) is 4.68 Å². The third kappa shape index (κ3) is 4.60. The molecular formula is C27H21N3O3. The van der Waals surface area contributed by atoms with Gasteiger partial charge in [-0.1, -0.05) is 78.0 Å². The fourth-order valence-corrected chi connectivity index (χ4v) is 3.48. The van der Waals surface area contributed by atoms with Crippen molar-refractivity contribution >= 4 is 16.9 Å². The molecule has 5 rings (SSSR count). The highest BCUT2D eigenvalue weighted by Crippen LogP contribution is 2.30. The molecule has 0 fully saturated rings. The van der Waals surface area contributed by atoms with E-state index in [4.69, 9.17) is 9.47 Å². The third-order valence-corrected chi connectivity index (χ3v) is 5.21. The summed E-state index contributed by atoms with van der Waals surface area (Å²) in [5.41, 5.74) is 3.81. The summed E-state index contributed by atoms with van der Waals surface area (Å²) >= 11 is 0. The van der Waals surface area contributed by atoms with Crippen molar-refractivity contribution < 1.29 is 14.3 Å². The minimum Gasteiger partial charge on any atom is -0.485 e. The predicted molar refractivity (Wildman–Crippen MR) is 125 cm³/mol. The van der Waals surface area contributed by atoms with Crippen molar-refractivity contribution in [2.24, 2.45) is 0 Å². The van der Waals surface area contributed by atoms with E-state index in [2.05, 4.69) is 10.3 Å². The summed E-state index contributed by atoms with van der Waals surface area (Å²) < 4.78 is 13.4. The molecule has 0 bridgehead atoms. The van der Waals surface area contributed by atoms with Gasteiger partial charge in [0, 0.05) is 5.56 Å². The quantitative estimate of drug-likeness (QED) is 0.348. The molecule has 6 nitrogen and oxygen atoms in total. The van der Waals surface area contributed by atoms with E-state index < -0.39 is 0 Å². The Labute approximate surface area is 191 Å². The fourth-order valence-electron chi connectivity index (χ4n) is 3.48. The highest BCUT2D eigenvalue weighted by atomic mass is 16.5. The lowest BCUT2D eigenvalue weighted by Crippen LogP contribution is -2.14. The molecule has 5 aromatic rings. The van der Waals surface area contributed by atoms with Crippen LogP contribution in [0.15, 0.2) is 103 Å². The summed E-state index contributed by atoms with van der Waals surface area (Å²) in [7, 11) is 0. The molecule has 0 atom stereocenters. The molecular weight excluding hydrogens is 414 g/mol. The van der Waals surface area contributed by atoms with E-state index in [1.54, 1.807) is 18.2 Å². The van der Waals surface area contributed by atoms with Crippen molar-refractivity contribution in [2.75, 3.05) is 0 Å². The Bertz CT molecular complexity index is 1380. The van der Waals surface area contributed by atoms with E-state index >= 15 is 0 Å². The number of para-hydroxylation sites is 1. The van der Waals surface area contributed by atoms with Crippen molar-refractivity contribution in [1.82, 2.24) is 15.0 Å². The number of hydrogen-bond donors (Lipinski definition) is 0. The summed E-state index contributed by atoms with van der Waals surface area (Å²) in [6, 6.07) is 32.3. The summed E-state index contributed by atoms with van der Waals surface area (Å²) in [6.45, 7) is 0.746. The standard InChI is InChI=1S/C27H21N3O3/c31-27(30-24-14-8-7-13-23(24)28-29-30)22-15-16-25(32-18-20-9-3-1-4-10-20)26(17-22)33-19-21-11-5-2-6-12-21/h1-17H,18-19H2. The van der Waals surface area contributed by atoms with Crippen LogP contribution >= 0.6 is 0 Å². The van der Waals surface area contributed by atoms with Crippen molar-refractivity contribution in [3.8, 4) is 11.5 Å². The van der Waals surface area contributed by atoms with Crippen LogP contribution in [0.2, 0.25) is 0 Å². The first-order valence-electron chi connectivity index (χ1n) is 10.6. The molecule has 0 spiro atoms. The topological polar surface area (TPSA) is 66.2 Å². The maximum atomic E-state index is 13.2. The molecule has 0 unspecified atom stereocenters. The van der Waals surface area contributed by atoms with Crippen molar-refractivity contribution in [3.63, 3.8) is 0 Å². The number of benzene rings is 4. The molecule has 0 radical (unpaired) electrons. The monoisotopic (exact) mass is 435 g/mol. The second-order valence-electron chi connectivity index (χ2n) is 7.51. The Kier molecular flexibility index (Phi) is 5.80. The molecule has 4 aromatic carbocycles. The predicted octanol–water partition coefficient (Wildman–Crippen LogP) is 5.28.